The maximum Gasteiger partial charge on any atom is 0.410 e. The summed E-state index contributed by atoms with van der Waals surface area (Å²) >= 11 is 0. The van der Waals surface area contributed by atoms with Crippen molar-refractivity contribution < 1.29 is 28.6 Å². The van der Waals surface area contributed by atoms with Crippen molar-refractivity contribution in [1.82, 2.24) is 4.90 Å². The zero-order chi connectivity index (χ0) is 17.8. The van der Waals surface area contributed by atoms with Gasteiger partial charge in [-0.2, -0.15) is 0 Å². The minimum atomic E-state index is -0.949. The molecule has 1 saturated heterocycles. The standard InChI is InChI=1S/C16H25NO6/c1-10(14(19)21-6)13(22-11(2)18)12-8-7-9-17(12)15(20)23-16(3,4)5/h12-13H,1,7-9H2,2-6H3/t12-,13?/m0/s1. The molecular formula is C16H25NO6. The number of ether oxygens (including phenoxy) is 3. The molecule has 0 radical (unpaired) electrons. The molecule has 7 nitrogen and oxygen atoms in total. The van der Waals surface area contributed by atoms with E-state index in [-0.39, 0.29) is 5.57 Å². The second-order valence-electron chi connectivity index (χ2n) is 6.43. The number of amides is 1. The maximum absolute atomic E-state index is 12.3. The average Bonchev–Trinajstić information content (AvgIpc) is 2.90. The zero-order valence-electron chi connectivity index (χ0n) is 14.4. The molecule has 1 unspecified atom stereocenters. The van der Waals surface area contributed by atoms with E-state index in [4.69, 9.17) is 9.47 Å². The molecule has 0 bridgehead atoms. The molecule has 2 atom stereocenters. The second-order valence-corrected chi connectivity index (χ2v) is 6.43. The first-order chi connectivity index (χ1) is 10.6. The Morgan fingerprint density at radius 1 is 1.26 bits per heavy atom. The molecule has 0 aromatic rings. The quantitative estimate of drug-likeness (QED) is 0.446. The fourth-order valence-corrected chi connectivity index (χ4v) is 2.46. The fourth-order valence-electron chi connectivity index (χ4n) is 2.46. The van der Waals surface area contributed by atoms with E-state index in [1.165, 1.54) is 18.9 Å². The molecule has 23 heavy (non-hydrogen) atoms. The molecule has 1 heterocycles. The Bertz CT molecular complexity index is 493. The van der Waals surface area contributed by atoms with Gasteiger partial charge in [0.25, 0.3) is 0 Å². The van der Waals surface area contributed by atoms with Crippen molar-refractivity contribution in [1.29, 1.82) is 0 Å². The number of hydrogen-bond donors (Lipinski definition) is 0. The van der Waals surface area contributed by atoms with Crippen LogP contribution in [0.2, 0.25) is 0 Å². The van der Waals surface area contributed by atoms with Crippen LogP contribution in [0.1, 0.15) is 40.5 Å². The van der Waals surface area contributed by atoms with Gasteiger partial charge in [0, 0.05) is 13.5 Å². The fraction of sp³-hybridized carbons (Fsp3) is 0.688. The van der Waals surface area contributed by atoms with E-state index in [9.17, 15) is 14.4 Å². The molecule has 0 aromatic heterocycles. The predicted octanol–water partition coefficient (Wildman–Crippen LogP) is 2.05. The Morgan fingerprint density at radius 3 is 2.35 bits per heavy atom. The molecule has 0 aliphatic carbocycles. The van der Waals surface area contributed by atoms with Crippen LogP contribution < -0.4 is 0 Å². The molecule has 1 fully saturated rings. The average molecular weight is 327 g/mol. The van der Waals surface area contributed by atoms with E-state index in [0.717, 1.165) is 6.42 Å². The van der Waals surface area contributed by atoms with Gasteiger partial charge in [-0.15, -0.1) is 0 Å². The highest BCUT2D eigenvalue weighted by Gasteiger charge is 2.41. The van der Waals surface area contributed by atoms with E-state index in [1.54, 1.807) is 20.8 Å². The van der Waals surface area contributed by atoms with Gasteiger partial charge in [0.1, 0.15) is 5.60 Å². The van der Waals surface area contributed by atoms with Crippen LogP contribution in [0.25, 0.3) is 0 Å². The Hall–Kier alpha value is -2.05. The summed E-state index contributed by atoms with van der Waals surface area (Å²) in [5, 5.41) is 0. The SMILES string of the molecule is C=C(C(=O)OC)C(OC(C)=O)[C@@H]1CCCN1C(=O)OC(C)(C)C. The van der Waals surface area contributed by atoms with Crippen molar-refractivity contribution in [3.8, 4) is 0 Å². The summed E-state index contributed by atoms with van der Waals surface area (Å²) in [5.74, 6) is -1.23. The summed E-state index contributed by atoms with van der Waals surface area (Å²) < 4.78 is 15.3. The molecular weight excluding hydrogens is 302 g/mol. The van der Waals surface area contributed by atoms with Gasteiger partial charge in [-0.1, -0.05) is 6.58 Å². The van der Waals surface area contributed by atoms with Gasteiger partial charge in [-0.05, 0) is 33.6 Å². The van der Waals surface area contributed by atoms with Gasteiger partial charge >= 0.3 is 18.0 Å². The monoisotopic (exact) mass is 327 g/mol. The zero-order valence-corrected chi connectivity index (χ0v) is 14.4. The third-order valence-electron chi connectivity index (χ3n) is 3.36. The Morgan fingerprint density at radius 2 is 1.87 bits per heavy atom. The Balaban J connectivity index is 2.99. The lowest BCUT2D eigenvalue weighted by molar-refractivity contribution is -0.149. The molecule has 0 aromatic carbocycles. The molecule has 130 valence electrons. The number of rotatable bonds is 4. The summed E-state index contributed by atoms with van der Waals surface area (Å²) in [6.07, 6.45) is -0.159. The number of esters is 2. The highest BCUT2D eigenvalue weighted by molar-refractivity contribution is 5.89. The second kappa shape index (κ2) is 7.48. The third-order valence-corrected chi connectivity index (χ3v) is 3.36. The molecule has 7 heteroatoms. The van der Waals surface area contributed by atoms with E-state index in [2.05, 4.69) is 11.3 Å². The van der Waals surface area contributed by atoms with Gasteiger partial charge in [0.15, 0.2) is 6.10 Å². The van der Waals surface area contributed by atoms with Crippen molar-refractivity contribution in [2.45, 2.75) is 58.3 Å². The summed E-state index contributed by atoms with van der Waals surface area (Å²) in [7, 11) is 1.22. The lowest BCUT2D eigenvalue weighted by Gasteiger charge is -2.32. The van der Waals surface area contributed by atoms with Crippen molar-refractivity contribution in [3.63, 3.8) is 0 Å². The van der Waals surface area contributed by atoms with Crippen LogP contribution in [0.15, 0.2) is 12.2 Å². The number of likely N-dealkylation sites (tertiary alicyclic amines) is 1. The minimum absolute atomic E-state index is 0.00292. The van der Waals surface area contributed by atoms with Crippen molar-refractivity contribution >= 4 is 18.0 Å². The van der Waals surface area contributed by atoms with Gasteiger partial charge in [0.05, 0.1) is 18.7 Å². The Kier molecular flexibility index (Phi) is 6.18. The first kappa shape index (κ1) is 19.0. The van der Waals surface area contributed by atoms with Crippen LogP contribution in [0.3, 0.4) is 0 Å². The van der Waals surface area contributed by atoms with Gasteiger partial charge in [0.2, 0.25) is 0 Å². The van der Waals surface area contributed by atoms with Crippen LogP contribution in [-0.4, -0.2) is 54.3 Å². The first-order valence-electron chi connectivity index (χ1n) is 7.50. The van der Waals surface area contributed by atoms with Crippen LogP contribution in [0.5, 0.6) is 0 Å². The highest BCUT2D eigenvalue weighted by atomic mass is 16.6. The lowest BCUT2D eigenvalue weighted by Crippen LogP contribution is -2.47. The van der Waals surface area contributed by atoms with E-state index in [0.29, 0.717) is 13.0 Å². The summed E-state index contributed by atoms with van der Waals surface area (Å²) in [4.78, 5) is 37.0. The van der Waals surface area contributed by atoms with Crippen molar-refractivity contribution in [2.75, 3.05) is 13.7 Å². The van der Waals surface area contributed by atoms with Crippen LogP contribution in [-0.2, 0) is 23.8 Å². The molecule has 0 N–H and O–H groups in total. The first-order valence-corrected chi connectivity index (χ1v) is 7.50. The number of carbonyl (C=O) groups is 3. The minimum Gasteiger partial charge on any atom is -0.466 e. The smallest absolute Gasteiger partial charge is 0.410 e. The molecule has 1 aliphatic heterocycles. The molecule has 0 spiro atoms. The van der Waals surface area contributed by atoms with Crippen molar-refractivity contribution in [2.24, 2.45) is 0 Å². The topological polar surface area (TPSA) is 82.1 Å². The highest BCUT2D eigenvalue weighted by Crippen LogP contribution is 2.28. The molecule has 0 saturated carbocycles. The molecule has 1 aliphatic rings. The van der Waals surface area contributed by atoms with E-state index in [1.807, 2.05) is 0 Å². The predicted molar refractivity (Wildman–Crippen MR) is 82.7 cm³/mol. The van der Waals surface area contributed by atoms with Gasteiger partial charge in [-0.25, -0.2) is 9.59 Å². The van der Waals surface area contributed by atoms with E-state index < -0.39 is 35.8 Å². The Labute approximate surface area is 136 Å². The number of hydrogen-bond acceptors (Lipinski definition) is 6. The summed E-state index contributed by atoms with van der Waals surface area (Å²) in [5.41, 5.74) is -0.635. The number of methoxy groups -OCH3 is 1. The van der Waals surface area contributed by atoms with Crippen LogP contribution >= 0.6 is 0 Å². The third kappa shape index (κ3) is 5.26. The van der Waals surface area contributed by atoms with E-state index >= 15 is 0 Å². The molecule has 1 rings (SSSR count). The van der Waals surface area contributed by atoms with Crippen LogP contribution in [0.4, 0.5) is 4.79 Å². The van der Waals surface area contributed by atoms with Crippen molar-refractivity contribution in [3.05, 3.63) is 12.2 Å². The van der Waals surface area contributed by atoms with Gasteiger partial charge < -0.3 is 19.1 Å². The number of carbonyl (C=O) groups excluding carboxylic acids is 3. The summed E-state index contributed by atoms with van der Waals surface area (Å²) in [6, 6.07) is -0.500. The van der Waals surface area contributed by atoms with Gasteiger partial charge in [-0.3, -0.25) is 4.79 Å². The largest absolute Gasteiger partial charge is 0.466 e. The lowest BCUT2D eigenvalue weighted by atomic mass is 10.0. The van der Waals surface area contributed by atoms with Crippen LogP contribution in [0, 0.1) is 0 Å². The normalized spacial score (nSPS) is 19.0. The summed E-state index contributed by atoms with van der Waals surface area (Å²) in [6.45, 7) is 10.7. The molecule has 1 amide bonds. The maximum atomic E-state index is 12.3. The number of nitrogens with zero attached hydrogens (tertiary/aromatic N) is 1.